The molecule has 240 valence electrons. The van der Waals surface area contributed by atoms with E-state index < -0.39 is 41.5 Å². The second-order valence-corrected chi connectivity index (χ2v) is 12.3. The Hall–Kier alpha value is -3.85. The zero-order valence-electron chi connectivity index (χ0n) is 26.6. The molecule has 2 aromatic carbocycles. The molecule has 0 saturated carbocycles. The number of nitrogens with two attached hydrogens (primary N) is 1. The van der Waals surface area contributed by atoms with Gasteiger partial charge in [-0.3, -0.25) is 14.4 Å². The van der Waals surface area contributed by atoms with E-state index in [0.29, 0.717) is 22.7 Å². The van der Waals surface area contributed by atoms with Crippen molar-refractivity contribution in [3.05, 3.63) is 70.8 Å². The van der Waals surface area contributed by atoms with Crippen LogP contribution < -0.4 is 16.4 Å². The molecule has 9 nitrogen and oxygen atoms in total. The molecule has 0 aromatic heterocycles. The van der Waals surface area contributed by atoms with Crippen LogP contribution in [-0.4, -0.2) is 46.9 Å². The van der Waals surface area contributed by atoms with E-state index in [1.54, 1.807) is 57.2 Å². The summed E-state index contributed by atoms with van der Waals surface area (Å²) in [5.41, 5.74) is 7.13. The van der Waals surface area contributed by atoms with Gasteiger partial charge in [0.25, 0.3) is 5.91 Å². The Labute approximate surface area is 266 Å². The molecule has 0 aliphatic heterocycles. The van der Waals surface area contributed by atoms with Crippen LogP contribution in [0.3, 0.4) is 0 Å². The minimum absolute atomic E-state index is 0.0651. The predicted molar refractivity (Wildman–Crippen MR) is 176 cm³/mol. The average Bonchev–Trinajstić information content (AvgIpc) is 2.95. The van der Waals surface area contributed by atoms with Gasteiger partial charge in [0, 0.05) is 13.0 Å². The fraction of sp³-hybridized carbons (Fsp3) is 0.471. The molecule has 2 atom stereocenters. The third kappa shape index (κ3) is 11.7. The number of carbonyl (C=O) groups excluding carboxylic acids is 4. The van der Waals surface area contributed by atoms with Gasteiger partial charge in [-0.2, -0.15) is 0 Å². The fourth-order valence-corrected chi connectivity index (χ4v) is 5.03. The van der Waals surface area contributed by atoms with E-state index in [2.05, 4.69) is 24.1 Å². The van der Waals surface area contributed by atoms with Crippen LogP contribution in [0.25, 0.3) is 6.08 Å². The van der Waals surface area contributed by atoms with Crippen molar-refractivity contribution < 1.29 is 23.9 Å². The third-order valence-corrected chi connectivity index (χ3v) is 7.26. The van der Waals surface area contributed by atoms with Crippen LogP contribution in [0.1, 0.15) is 95.4 Å². The maximum absolute atomic E-state index is 14.4. The highest BCUT2D eigenvalue weighted by molar-refractivity contribution is 6.34. The van der Waals surface area contributed by atoms with Crippen molar-refractivity contribution in [2.75, 3.05) is 11.9 Å². The summed E-state index contributed by atoms with van der Waals surface area (Å²) in [4.78, 5) is 54.7. The number of halogens is 1. The smallest absolute Gasteiger partial charge is 0.408 e. The summed E-state index contributed by atoms with van der Waals surface area (Å²) >= 11 is 6.46. The van der Waals surface area contributed by atoms with Crippen LogP contribution in [0.5, 0.6) is 0 Å². The SMILES string of the molecule is C=Cc1cccc(C(C(=O)Nc2c(C)cccc2Cl)N(CCCCCCC)C(=O)C(CCC(N)=O)NC(=O)OC(C)(C)C)c1. The molecule has 10 heteroatoms. The lowest BCUT2D eigenvalue weighted by molar-refractivity contribution is -0.141. The van der Waals surface area contributed by atoms with Crippen molar-refractivity contribution in [2.24, 2.45) is 5.73 Å². The van der Waals surface area contributed by atoms with Crippen LogP contribution in [0.15, 0.2) is 49.0 Å². The van der Waals surface area contributed by atoms with Crippen LogP contribution in [0, 0.1) is 6.92 Å². The Morgan fingerprint density at radius 2 is 1.75 bits per heavy atom. The van der Waals surface area contributed by atoms with Gasteiger partial charge in [0.1, 0.15) is 17.7 Å². The van der Waals surface area contributed by atoms with Crippen molar-refractivity contribution in [3.63, 3.8) is 0 Å². The summed E-state index contributed by atoms with van der Waals surface area (Å²) in [5.74, 6) is -1.63. The number of alkyl carbamates (subject to hydrolysis) is 1. The van der Waals surface area contributed by atoms with Gasteiger partial charge in [0.15, 0.2) is 0 Å². The number of amides is 4. The van der Waals surface area contributed by atoms with E-state index in [-0.39, 0.29) is 19.4 Å². The van der Waals surface area contributed by atoms with Gasteiger partial charge in [-0.25, -0.2) is 4.79 Å². The number of hydrogen-bond acceptors (Lipinski definition) is 5. The highest BCUT2D eigenvalue weighted by atomic mass is 35.5. The minimum Gasteiger partial charge on any atom is -0.444 e. The number of anilines is 1. The normalized spacial score (nSPS) is 12.5. The van der Waals surface area contributed by atoms with Crippen LogP contribution >= 0.6 is 11.6 Å². The number of carbonyl (C=O) groups is 4. The molecule has 0 saturated heterocycles. The second-order valence-electron chi connectivity index (χ2n) is 11.8. The van der Waals surface area contributed by atoms with Crippen molar-refractivity contribution in [1.29, 1.82) is 0 Å². The van der Waals surface area contributed by atoms with Gasteiger partial charge in [0.2, 0.25) is 11.8 Å². The maximum atomic E-state index is 14.4. The molecule has 0 aliphatic carbocycles. The van der Waals surface area contributed by atoms with E-state index in [1.165, 1.54) is 4.90 Å². The Bertz CT molecular complexity index is 1290. The molecule has 4 N–H and O–H groups in total. The van der Waals surface area contributed by atoms with Crippen LogP contribution in [-0.2, 0) is 19.1 Å². The fourth-order valence-electron chi connectivity index (χ4n) is 4.76. The molecule has 0 bridgehead atoms. The Kier molecular flexibility index (Phi) is 14.4. The van der Waals surface area contributed by atoms with E-state index in [0.717, 1.165) is 36.8 Å². The van der Waals surface area contributed by atoms with Crippen molar-refractivity contribution in [1.82, 2.24) is 10.2 Å². The topological polar surface area (TPSA) is 131 Å². The van der Waals surface area contributed by atoms with Gasteiger partial charge < -0.3 is 26.0 Å². The lowest BCUT2D eigenvalue weighted by atomic mass is 9.98. The maximum Gasteiger partial charge on any atom is 0.408 e. The number of aryl methyl sites for hydroxylation is 1. The van der Waals surface area contributed by atoms with Gasteiger partial charge >= 0.3 is 6.09 Å². The number of para-hydroxylation sites is 1. The molecular formula is C34H47ClN4O5. The molecule has 2 rings (SSSR count). The van der Waals surface area contributed by atoms with Gasteiger partial charge in [-0.1, -0.05) is 87.2 Å². The van der Waals surface area contributed by atoms with Crippen molar-refractivity contribution in [3.8, 4) is 0 Å². The molecule has 4 amide bonds. The number of nitrogens with one attached hydrogen (secondary N) is 2. The zero-order valence-corrected chi connectivity index (χ0v) is 27.3. The highest BCUT2D eigenvalue weighted by Crippen LogP contribution is 2.30. The number of rotatable bonds is 16. The number of ether oxygens (including phenoxy) is 1. The highest BCUT2D eigenvalue weighted by Gasteiger charge is 2.36. The lowest BCUT2D eigenvalue weighted by Crippen LogP contribution is -2.53. The summed E-state index contributed by atoms with van der Waals surface area (Å²) in [5, 5.41) is 5.93. The van der Waals surface area contributed by atoms with E-state index in [4.69, 9.17) is 22.1 Å². The van der Waals surface area contributed by atoms with Crippen LogP contribution in [0.4, 0.5) is 10.5 Å². The standard InChI is InChI=1S/C34H47ClN4O5/c1-7-9-10-11-12-21-39(32(42)27(19-20-28(36)40)37-33(43)44-34(4,5)6)30(25-17-14-16-24(8-2)22-25)31(41)38-29-23(3)15-13-18-26(29)35/h8,13-18,22,27,30H,2,7,9-12,19-21H2,1,3-6H3,(H2,36,40)(H,37,43)(H,38,41). The number of hydrogen-bond donors (Lipinski definition) is 3. The quantitative estimate of drug-likeness (QED) is 0.174. The second kappa shape index (κ2) is 17.4. The van der Waals surface area contributed by atoms with Gasteiger partial charge in [-0.15, -0.1) is 0 Å². The van der Waals surface area contributed by atoms with Gasteiger partial charge in [-0.05, 0) is 69.4 Å². The largest absolute Gasteiger partial charge is 0.444 e. The molecule has 0 fully saturated rings. The molecule has 0 radical (unpaired) electrons. The summed E-state index contributed by atoms with van der Waals surface area (Å²) in [6.07, 6.45) is 5.16. The van der Waals surface area contributed by atoms with Crippen molar-refractivity contribution in [2.45, 2.75) is 97.2 Å². The van der Waals surface area contributed by atoms with Crippen LogP contribution in [0.2, 0.25) is 5.02 Å². The van der Waals surface area contributed by atoms with E-state index in [1.807, 2.05) is 19.1 Å². The molecule has 0 spiro atoms. The summed E-state index contributed by atoms with van der Waals surface area (Å²) in [7, 11) is 0. The molecular weight excluding hydrogens is 580 g/mol. The van der Waals surface area contributed by atoms with Gasteiger partial charge in [0.05, 0.1) is 10.7 Å². The molecule has 44 heavy (non-hydrogen) atoms. The van der Waals surface area contributed by atoms with Crippen molar-refractivity contribution >= 4 is 47.2 Å². The Balaban J connectivity index is 2.62. The molecule has 2 aromatic rings. The first-order valence-electron chi connectivity index (χ1n) is 15.1. The average molecular weight is 627 g/mol. The molecule has 0 aliphatic rings. The first kappa shape index (κ1) is 36.3. The number of benzene rings is 2. The molecule has 0 heterocycles. The number of nitrogens with zero attached hydrogens (tertiary/aromatic N) is 1. The zero-order chi connectivity index (χ0) is 32.9. The third-order valence-electron chi connectivity index (χ3n) is 6.95. The predicted octanol–water partition coefficient (Wildman–Crippen LogP) is 6.93. The first-order valence-corrected chi connectivity index (χ1v) is 15.5. The summed E-state index contributed by atoms with van der Waals surface area (Å²) in [6.45, 7) is 13.1. The van der Waals surface area contributed by atoms with E-state index in [9.17, 15) is 19.2 Å². The number of unbranched alkanes of at least 4 members (excludes halogenated alkanes) is 4. The number of primary amides is 1. The van der Waals surface area contributed by atoms with E-state index >= 15 is 0 Å². The first-order chi connectivity index (χ1) is 20.8. The Morgan fingerprint density at radius 3 is 2.36 bits per heavy atom. The summed E-state index contributed by atoms with van der Waals surface area (Å²) in [6, 6.07) is 10.2. The lowest BCUT2D eigenvalue weighted by Gasteiger charge is -2.35. The minimum atomic E-state index is -1.17. The summed E-state index contributed by atoms with van der Waals surface area (Å²) < 4.78 is 5.42. The monoisotopic (exact) mass is 626 g/mol. The Morgan fingerprint density at radius 1 is 1.07 bits per heavy atom. The molecule has 2 unspecified atom stereocenters.